The van der Waals surface area contributed by atoms with E-state index in [1.165, 1.54) is 6.33 Å². The van der Waals surface area contributed by atoms with Gasteiger partial charge in [0.2, 0.25) is 0 Å². The molecule has 0 aliphatic rings. The van der Waals surface area contributed by atoms with Gasteiger partial charge in [-0.05, 0) is 29.8 Å². The van der Waals surface area contributed by atoms with Crippen LogP contribution in [0.3, 0.4) is 0 Å². The molecule has 3 N–H and O–H groups in total. The lowest BCUT2D eigenvalue weighted by Crippen LogP contribution is -2.17. The van der Waals surface area contributed by atoms with Gasteiger partial charge >= 0.3 is 0 Å². The second kappa shape index (κ2) is 4.97. The van der Waals surface area contributed by atoms with E-state index in [9.17, 15) is 0 Å². The number of hydrogen-bond acceptors (Lipinski definition) is 4. The number of hydrogen-bond donors (Lipinski definition) is 2. The molecule has 0 fully saturated rings. The van der Waals surface area contributed by atoms with Crippen molar-refractivity contribution in [2.45, 2.75) is 32.9 Å². The lowest BCUT2D eigenvalue weighted by Gasteiger charge is -2.10. The van der Waals surface area contributed by atoms with Crippen LogP contribution in [-0.4, -0.2) is 25.0 Å². The molecule has 0 saturated heterocycles. The number of aryl methyl sites for hydroxylation is 2. The first kappa shape index (κ1) is 12.3. The summed E-state index contributed by atoms with van der Waals surface area (Å²) >= 11 is 3.55. The second-order valence-electron chi connectivity index (χ2n) is 3.84. The van der Waals surface area contributed by atoms with Gasteiger partial charge in [-0.3, -0.25) is 9.78 Å². The molecule has 0 spiro atoms. The van der Waals surface area contributed by atoms with Gasteiger partial charge in [0.1, 0.15) is 12.2 Å². The molecule has 0 bridgehead atoms. The van der Waals surface area contributed by atoms with Crippen LogP contribution in [0.2, 0.25) is 0 Å². The fraction of sp³-hybridized carbons (Fsp3) is 0.500. The normalized spacial score (nSPS) is 12.9. The van der Waals surface area contributed by atoms with Crippen molar-refractivity contribution in [1.29, 1.82) is 0 Å². The lowest BCUT2D eigenvalue weighted by atomic mass is 10.1. The van der Waals surface area contributed by atoms with Crippen molar-refractivity contribution in [3.63, 3.8) is 0 Å². The summed E-state index contributed by atoms with van der Waals surface area (Å²) in [4.78, 5) is 4.07. The van der Waals surface area contributed by atoms with E-state index in [1.807, 2.05) is 11.6 Å². The predicted octanol–water partition coefficient (Wildman–Crippen LogP) is 1.33. The van der Waals surface area contributed by atoms with Gasteiger partial charge in [0.05, 0.1) is 21.9 Å². The quantitative estimate of drug-likeness (QED) is 0.892. The van der Waals surface area contributed by atoms with E-state index in [2.05, 4.69) is 43.1 Å². The van der Waals surface area contributed by atoms with Crippen LogP contribution in [0, 0.1) is 6.92 Å². The van der Waals surface area contributed by atoms with E-state index >= 15 is 0 Å². The van der Waals surface area contributed by atoms with Crippen LogP contribution >= 0.6 is 15.9 Å². The maximum Gasteiger partial charge on any atom is 0.141 e. The molecule has 0 aliphatic heterocycles. The van der Waals surface area contributed by atoms with Gasteiger partial charge in [-0.1, -0.05) is 0 Å². The van der Waals surface area contributed by atoms with Crippen molar-refractivity contribution < 1.29 is 0 Å². The molecular formula is C10H15BrN6. The molecule has 2 rings (SSSR count). The Labute approximate surface area is 108 Å². The van der Waals surface area contributed by atoms with Crippen LogP contribution < -0.4 is 5.73 Å². The Kier molecular flexibility index (Phi) is 3.58. The average molecular weight is 299 g/mol. The molecule has 2 aromatic heterocycles. The maximum absolute atomic E-state index is 6.08. The van der Waals surface area contributed by atoms with E-state index in [0.29, 0.717) is 12.2 Å². The number of H-pyrrole nitrogens is 1. The summed E-state index contributed by atoms with van der Waals surface area (Å²) in [5.41, 5.74) is 8.15. The number of aromatic amines is 1. The molecule has 0 saturated carbocycles. The zero-order chi connectivity index (χ0) is 12.4. The Morgan fingerprint density at radius 1 is 1.59 bits per heavy atom. The molecule has 1 unspecified atom stereocenters. The molecule has 7 heteroatoms. The number of nitrogens with zero attached hydrogens (tertiary/aromatic N) is 4. The predicted molar refractivity (Wildman–Crippen MR) is 67.4 cm³/mol. The fourth-order valence-electron chi connectivity index (χ4n) is 1.76. The van der Waals surface area contributed by atoms with Crippen LogP contribution in [0.15, 0.2) is 10.8 Å². The van der Waals surface area contributed by atoms with Gasteiger partial charge in [-0.15, -0.1) is 0 Å². The van der Waals surface area contributed by atoms with Crippen molar-refractivity contribution in [2.24, 2.45) is 5.73 Å². The Bertz CT molecular complexity index is 489. The van der Waals surface area contributed by atoms with E-state index in [0.717, 1.165) is 22.4 Å². The van der Waals surface area contributed by atoms with E-state index in [4.69, 9.17) is 5.73 Å². The minimum absolute atomic E-state index is 0.199. The van der Waals surface area contributed by atoms with E-state index < -0.39 is 0 Å². The zero-order valence-electron chi connectivity index (χ0n) is 9.81. The van der Waals surface area contributed by atoms with Gasteiger partial charge in [-0.25, -0.2) is 4.98 Å². The van der Waals surface area contributed by atoms with Gasteiger partial charge in [0.15, 0.2) is 0 Å². The Hall–Kier alpha value is -1.21. The third-order valence-electron chi connectivity index (χ3n) is 2.65. The SMILES string of the molecule is CCn1nc(C)c(Br)c1CC(N)c1ncn[nH]1. The van der Waals surface area contributed by atoms with Crippen LogP contribution in [0.5, 0.6) is 0 Å². The molecule has 17 heavy (non-hydrogen) atoms. The van der Waals surface area contributed by atoms with Crippen molar-refractivity contribution in [1.82, 2.24) is 25.0 Å². The van der Waals surface area contributed by atoms with Crippen molar-refractivity contribution in [3.8, 4) is 0 Å². The molecule has 2 heterocycles. The fourth-order valence-corrected chi connectivity index (χ4v) is 2.21. The summed E-state index contributed by atoms with van der Waals surface area (Å²) in [5, 5.41) is 11.0. The molecule has 6 nitrogen and oxygen atoms in total. The van der Waals surface area contributed by atoms with Crippen LogP contribution in [0.4, 0.5) is 0 Å². The third-order valence-corrected chi connectivity index (χ3v) is 3.68. The van der Waals surface area contributed by atoms with Gasteiger partial charge in [-0.2, -0.15) is 10.2 Å². The minimum atomic E-state index is -0.199. The summed E-state index contributed by atoms with van der Waals surface area (Å²) in [6, 6.07) is -0.199. The number of aromatic nitrogens is 5. The molecule has 1 atom stereocenters. The van der Waals surface area contributed by atoms with E-state index in [1.54, 1.807) is 0 Å². The molecule has 2 aromatic rings. The summed E-state index contributed by atoms with van der Waals surface area (Å²) in [5.74, 6) is 0.693. The molecule has 92 valence electrons. The summed E-state index contributed by atoms with van der Waals surface area (Å²) in [7, 11) is 0. The van der Waals surface area contributed by atoms with Crippen LogP contribution in [-0.2, 0) is 13.0 Å². The summed E-state index contributed by atoms with van der Waals surface area (Å²) in [6.07, 6.45) is 2.14. The standard InChI is InChI=1S/C10H15BrN6/c1-3-17-8(9(11)6(2)16-17)4-7(12)10-13-5-14-15-10/h5,7H,3-4,12H2,1-2H3,(H,13,14,15). The number of nitrogens with two attached hydrogens (primary N) is 1. The smallest absolute Gasteiger partial charge is 0.141 e. The Morgan fingerprint density at radius 2 is 2.35 bits per heavy atom. The zero-order valence-corrected chi connectivity index (χ0v) is 11.4. The van der Waals surface area contributed by atoms with Crippen LogP contribution in [0.25, 0.3) is 0 Å². The number of nitrogens with one attached hydrogen (secondary N) is 1. The van der Waals surface area contributed by atoms with Crippen LogP contribution in [0.1, 0.15) is 30.2 Å². The first-order chi connectivity index (χ1) is 8.13. The van der Waals surface area contributed by atoms with Crippen molar-refractivity contribution >= 4 is 15.9 Å². The summed E-state index contributed by atoms with van der Waals surface area (Å²) < 4.78 is 2.98. The highest BCUT2D eigenvalue weighted by Crippen LogP contribution is 2.24. The minimum Gasteiger partial charge on any atom is -0.321 e. The van der Waals surface area contributed by atoms with Gasteiger partial charge in [0.25, 0.3) is 0 Å². The van der Waals surface area contributed by atoms with Gasteiger partial charge < -0.3 is 5.73 Å². The lowest BCUT2D eigenvalue weighted by molar-refractivity contribution is 0.575. The first-order valence-corrected chi connectivity index (χ1v) is 6.25. The summed E-state index contributed by atoms with van der Waals surface area (Å²) in [6.45, 7) is 4.85. The maximum atomic E-state index is 6.08. The van der Waals surface area contributed by atoms with E-state index in [-0.39, 0.29) is 6.04 Å². The average Bonchev–Trinajstić information content (AvgIpc) is 2.92. The van der Waals surface area contributed by atoms with Crippen molar-refractivity contribution in [2.75, 3.05) is 0 Å². The molecule has 0 aromatic carbocycles. The second-order valence-corrected chi connectivity index (χ2v) is 4.64. The highest BCUT2D eigenvalue weighted by atomic mass is 79.9. The Morgan fingerprint density at radius 3 is 2.94 bits per heavy atom. The number of rotatable bonds is 4. The molecular weight excluding hydrogens is 284 g/mol. The third kappa shape index (κ3) is 2.39. The monoisotopic (exact) mass is 298 g/mol. The topological polar surface area (TPSA) is 85.4 Å². The highest BCUT2D eigenvalue weighted by molar-refractivity contribution is 9.10. The number of halogens is 1. The van der Waals surface area contributed by atoms with Gasteiger partial charge in [0, 0.05) is 13.0 Å². The molecule has 0 amide bonds. The molecule has 0 aliphatic carbocycles. The largest absolute Gasteiger partial charge is 0.321 e. The molecule has 0 radical (unpaired) electrons. The van der Waals surface area contributed by atoms with Crippen molar-refractivity contribution in [3.05, 3.63) is 28.0 Å². The first-order valence-electron chi connectivity index (χ1n) is 5.46. The highest BCUT2D eigenvalue weighted by Gasteiger charge is 2.17. The Balaban J connectivity index is 2.24.